The molecule has 0 N–H and O–H groups in total. The Balaban J connectivity index is 2.19. The Labute approximate surface area is 87.5 Å². The second-order valence-corrected chi connectivity index (χ2v) is 4.93. The summed E-state index contributed by atoms with van der Waals surface area (Å²) >= 11 is 0. The maximum atomic E-state index is 12.7. The van der Waals surface area contributed by atoms with Gasteiger partial charge >= 0.3 is 6.98 Å². The van der Waals surface area contributed by atoms with Crippen molar-refractivity contribution >= 4 is 12.8 Å². The van der Waals surface area contributed by atoms with Crippen LogP contribution in [0.4, 0.5) is 12.9 Å². The van der Waals surface area contributed by atoms with E-state index in [-0.39, 0.29) is 12.2 Å². The highest BCUT2D eigenvalue weighted by Crippen LogP contribution is 2.60. The molecule has 2 aliphatic rings. The molecule has 0 aromatic carbocycles. The molecule has 2 aliphatic carbocycles. The van der Waals surface area contributed by atoms with Crippen LogP contribution in [-0.2, 0) is 4.79 Å². The Morgan fingerprint density at radius 2 is 1.60 bits per heavy atom. The van der Waals surface area contributed by atoms with Crippen molar-refractivity contribution in [1.82, 2.24) is 0 Å². The molecule has 2 rings (SSSR count). The predicted octanol–water partition coefficient (Wildman–Crippen LogP) is 3.52. The second-order valence-electron chi connectivity index (χ2n) is 4.93. The summed E-state index contributed by atoms with van der Waals surface area (Å²) in [6.45, 7) is -4.83. The first-order chi connectivity index (χ1) is 6.97. The Morgan fingerprint density at radius 3 is 2.00 bits per heavy atom. The molecular formula is C10H15BF3O-. The number of halogens is 3. The zero-order valence-electron chi connectivity index (χ0n) is 8.65. The van der Waals surface area contributed by atoms with Crippen molar-refractivity contribution in [2.75, 3.05) is 0 Å². The number of carbonyl (C=O) groups is 1. The van der Waals surface area contributed by atoms with Crippen LogP contribution < -0.4 is 0 Å². The van der Waals surface area contributed by atoms with Crippen molar-refractivity contribution in [3.63, 3.8) is 0 Å². The smallest absolute Gasteiger partial charge is 0.449 e. The average molecular weight is 219 g/mol. The van der Waals surface area contributed by atoms with Crippen LogP contribution in [0.5, 0.6) is 0 Å². The van der Waals surface area contributed by atoms with E-state index in [2.05, 4.69) is 0 Å². The van der Waals surface area contributed by atoms with Crippen LogP contribution in [0, 0.1) is 5.41 Å². The quantitative estimate of drug-likeness (QED) is 0.616. The molecule has 86 valence electrons. The van der Waals surface area contributed by atoms with E-state index in [0.717, 1.165) is 25.7 Å². The van der Waals surface area contributed by atoms with Crippen LogP contribution in [0.3, 0.4) is 0 Å². The first-order valence-electron chi connectivity index (χ1n) is 5.70. The molecule has 0 aromatic heterocycles. The van der Waals surface area contributed by atoms with Gasteiger partial charge in [0, 0.05) is 5.41 Å². The maximum absolute atomic E-state index is 12.7. The van der Waals surface area contributed by atoms with Gasteiger partial charge < -0.3 is 12.9 Å². The van der Waals surface area contributed by atoms with E-state index in [4.69, 9.17) is 0 Å². The summed E-state index contributed by atoms with van der Waals surface area (Å²) < 4.78 is 38.2. The second kappa shape index (κ2) is 3.53. The average Bonchev–Trinajstić information content (AvgIpc) is 2.39. The number of Topliss-reactive ketones (excluding diaryl/α,β-unsaturated/α-hetero) is 1. The molecule has 0 heterocycles. The summed E-state index contributed by atoms with van der Waals surface area (Å²) in [5.74, 6) is -1.42. The molecule has 15 heavy (non-hydrogen) atoms. The zero-order chi connectivity index (χ0) is 11.1. The van der Waals surface area contributed by atoms with Gasteiger partial charge in [-0.1, -0.05) is 31.5 Å². The summed E-state index contributed by atoms with van der Waals surface area (Å²) in [5.41, 5.74) is -0.991. The molecule has 2 fully saturated rings. The lowest BCUT2D eigenvalue weighted by Gasteiger charge is -2.52. The largest absolute Gasteiger partial charge is 0.482 e. The van der Waals surface area contributed by atoms with Crippen molar-refractivity contribution < 1.29 is 17.7 Å². The van der Waals surface area contributed by atoms with Crippen LogP contribution in [0.2, 0.25) is 5.82 Å². The summed E-state index contributed by atoms with van der Waals surface area (Å²) in [5, 5.41) is 0. The normalized spacial score (nSPS) is 31.1. The number of hydrogen-bond donors (Lipinski definition) is 0. The van der Waals surface area contributed by atoms with Gasteiger partial charge in [0.2, 0.25) is 0 Å². The minimum atomic E-state index is -4.83. The molecule has 1 unspecified atom stereocenters. The van der Waals surface area contributed by atoms with Gasteiger partial charge in [0.1, 0.15) is 5.78 Å². The van der Waals surface area contributed by atoms with Crippen molar-refractivity contribution in [3.05, 3.63) is 0 Å². The van der Waals surface area contributed by atoms with Gasteiger partial charge in [0.05, 0.1) is 0 Å². The highest BCUT2D eigenvalue weighted by Gasteiger charge is 2.60. The van der Waals surface area contributed by atoms with Gasteiger partial charge in [0.25, 0.3) is 0 Å². The fourth-order valence-electron chi connectivity index (χ4n) is 3.18. The lowest BCUT2D eigenvalue weighted by Crippen LogP contribution is -2.53. The van der Waals surface area contributed by atoms with Crippen molar-refractivity contribution in [1.29, 1.82) is 0 Å². The van der Waals surface area contributed by atoms with E-state index >= 15 is 0 Å². The predicted molar refractivity (Wildman–Crippen MR) is 52.6 cm³/mol. The third-order valence-corrected chi connectivity index (χ3v) is 4.12. The van der Waals surface area contributed by atoms with Crippen molar-refractivity contribution in [2.45, 2.75) is 50.8 Å². The number of ketones is 1. The molecule has 1 atom stereocenters. The molecule has 0 aromatic rings. The first-order valence-corrected chi connectivity index (χ1v) is 5.70. The summed E-state index contributed by atoms with van der Waals surface area (Å²) in [4.78, 5) is 11.5. The van der Waals surface area contributed by atoms with Gasteiger partial charge in [-0.3, -0.25) is 4.79 Å². The third kappa shape index (κ3) is 1.70. The minimum absolute atomic E-state index is 0.131. The van der Waals surface area contributed by atoms with E-state index in [1.54, 1.807) is 0 Å². The maximum Gasteiger partial charge on any atom is 0.482 e. The Kier molecular flexibility index (Phi) is 2.59. The fourth-order valence-corrected chi connectivity index (χ4v) is 3.18. The van der Waals surface area contributed by atoms with Gasteiger partial charge in [-0.15, -0.1) is 0 Å². The van der Waals surface area contributed by atoms with Crippen LogP contribution >= 0.6 is 0 Å². The molecule has 0 aliphatic heterocycles. The first kappa shape index (κ1) is 11.0. The molecule has 5 heteroatoms. The summed E-state index contributed by atoms with van der Waals surface area (Å²) in [6, 6.07) is 0. The van der Waals surface area contributed by atoms with Gasteiger partial charge in [-0.2, -0.15) is 0 Å². The molecule has 1 spiro atoms. The molecular weight excluding hydrogens is 204 g/mol. The number of hydrogen-bond acceptors (Lipinski definition) is 1. The fraction of sp³-hybridized carbons (Fsp3) is 0.900. The third-order valence-electron chi connectivity index (χ3n) is 4.12. The molecule has 2 saturated carbocycles. The van der Waals surface area contributed by atoms with Crippen molar-refractivity contribution in [3.8, 4) is 0 Å². The van der Waals surface area contributed by atoms with E-state index in [1.807, 2.05) is 0 Å². The lowest BCUT2D eigenvalue weighted by molar-refractivity contribution is -0.140. The van der Waals surface area contributed by atoms with Gasteiger partial charge in [-0.25, -0.2) is 0 Å². The van der Waals surface area contributed by atoms with Crippen LogP contribution in [0.1, 0.15) is 44.9 Å². The van der Waals surface area contributed by atoms with E-state index in [0.29, 0.717) is 12.8 Å². The van der Waals surface area contributed by atoms with E-state index in [1.165, 1.54) is 0 Å². The van der Waals surface area contributed by atoms with Crippen molar-refractivity contribution in [2.24, 2.45) is 5.41 Å². The highest BCUT2D eigenvalue weighted by atomic mass is 19.4. The van der Waals surface area contributed by atoms with E-state index in [9.17, 15) is 17.7 Å². The lowest BCUT2D eigenvalue weighted by atomic mass is 9.43. The SMILES string of the molecule is O=C1CC([B-](F)(F)F)C12CCCCCC2. The topological polar surface area (TPSA) is 17.1 Å². The molecule has 0 saturated heterocycles. The van der Waals surface area contributed by atoms with Gasteiger partial charge in [0.15, 0.2) is 0 Å². The summed E-state index contributed by atoms with van der Waals surface area (Å²) in [7, 11) is 0. The Morgan fingerprint density at radius 1 is 1.07 bits per heavy atom. The molecule has 0 radical (unpaired) electrons. The molecule has 0 bridgehead atoms. The summed E-state index contributed by atoms with van der Waals surface area (Å²) in [6.07, 6.45) is 4.22. The standard InChI is InChI=1S/C10H15BF3O/c12-11(13,14)8-7-9(15)10(8)5-3-1-2-4-6-10/h8H,1-7H2/q-1. The highest BCUT2D eigenvalue weighted by molar-refractivity contribution is 6.62. The monoisotopic (exact) mass is 219 g/mol. The minimum Gasteiger partial charge on any atom is -0.449 e. The van der Waals surface area contributed by atoms with Crippen LogP contribution in [-0.4, -0.2) is 12.8 Å². The molecule has 0 amide bonds. The van der Waals surface area contributed by atoms with E-state index < -0.39 is 18.2 Å². The Bertz CT molecular complexity index is 266. The zero-order valence-corrected chi connectivity index (χ0v) is 8.65. The Hall–Kier alpha value is -0.475. The molecule has 1 nitrogen and oxygen atoms in total. The number of rotatable bonds is 1. The van der Waals surface area contributed by atoms with Gasteiger partial charge in [-0.05, 0) is 19.3 Å². The van der Waals surface area contributed by atoms with Crippen LogP contribution in [0.25, 0.3) is 0 Å². The van der Waals surface area contributed by atoms with Crippen LogP contribution in [0.15, 0.2) is 0 Å². The number of carbonyl (C=O) groups excluding carboxylic acids is 1.